The number of halogens is 1. The zero-order valence-electron chi connectivity index (χ0n) is 13.1. The third-order valence-corrected chi connectivity index (χ3v) is 3.31. The standard InChI is InChI=1S/C19H20FNO2/c1-15-8-7-12-17(18(15)20)11-5-6-13-21-19(22)23-14-16-9-3-2-4-10-16/h2-5,7-12H,6,13-14H2,1H3,(H,21,22). The molecule has 0 heterocycles. The van der Waals surface area contributed by atoms with Gasteiger partial charge < -0.3 is 10.1 Å². The molecule has 0 saturated carbocycles. The summed E-state index contributed by atoms with van der Waals surface area (Å²) in [6.07, 6.45) is 3.70. The number of hydrogen-bond acceptors (Lipinski definition) is 2. The number of ether oxygens (including phenoxy) is 1. The predicted octanol–water partition coefficient (Wildman–Crippen LogP) is 4.46. The van der Waals surface area contributed by atoms with Crippen LogP contribution in [0.3, 0.4) is 0 Å². The summed E-state index contributed by atoms with van der Waals surface area (Å²) in [6.45, 7) is 2.42. The van der Waals surface area contributed by atoms with E-state index in [-0.39, 0.29) is 12.4 Å². The molecule has 0 aliphatic rings. The van der Waals surface area contributed by atoms with Crippen molar-refractivity contribution in [3.05, 3.63) is 77.1 Å². The molecule has 0 spiro atoms. The molecule has 0 radical (unpaired) electrons. The highest BCUT2D eigenvalue weighted by Gasteiger charge is 2.02. The summed E-state index contributed by atoms with van der Waals surface area (Å²) >= 11 is 0. The largest absolute Gasteiger partial charge is 0.445 e. The van der Waals surface area contributed by atoms with Crippen LogP contribution in [0, 0.1) is 12.7 Å². The molecule has 3 nitrogen and oxygen atoms in total. The van der Waals surface area contributed by atoms with Gasteiger partial charge in [0.15, 0.2) is 0 Å². The van der Waals surface area contributed by atoms with E-state index in [4.69, 9.17) is 4.74 Å². The lowest BCUT2D eigenvalue weighted by atomic mass is 10.1. The summed E-state index contributed by atoms with van der Waals surface area (Å²) < 4.78 is 18.9. The van der Waals surface area contributed by atoms with Crippen LogP contribution in [0.25, 0.3) is 6.08 Å². The fourth-order valence-corrected chi connectivity index (χ4v) is 2.04. The van der Waals surface area contributed by atoms with E-state index in [0.717, 1.165) is 5.56 Å². The lowest BCUT2D eigenvalue weighted by Gasteiger charge is -2.06. The first-order valence-corrected chi connectivity index (χ1v) is 7.53. The summed E-state index contributed by atoms with van der Waals surface area (Å²) in [6, 6.07) is 14.8. The minimum absolute atomic E-state index is 0.209. The third kappa shape index (κ3) is 5.58. The van der Waals surface area contributed by atoms with Crippen LogP contribution in [-0.4, -0.2) is 12.6 Å². The van der Waals surface area contributed by atoms with Gasteiger partial charge in [0.25, 0.3) is 0 Å². The number of benzene rings is 2. The minimum Gasteiger partial charge on any atom is -0.445 e. The van der Waals surface area contributed by atoms with Crippen LogP contribution >= 0.6 is 0 Å². The summed E-state index contributed by atoms with van der Waals surface area (Å²) in [5.74, 6) is -0.209. The third-order valence-electron chi connectivity index (χ3n) is 3.31. The zero-order valence-corrected chi connectivity index (χ0v) is 13.1. The molecular formula is C19H20FNO2. The fraction of sp³-hybridized carbons (Fsp3) is 0.211. The first-order chi connectivity index (χ1) is 11.2. The van der Waals surface area contributed by atoms with E-state index >= 15 is 0 Å². The maximum absolute atomic E-state index is 13.8. The Morgan fingerprint density at radius 1 is 1.17 bits per heavy atom. The molecule has 0 unspecified atom stereocenters. The van der Waals surface area contributed by atoms with Crippen LogP contribution in [0.5, 0.6) is 0 Å². The number of hydrogen-bond donors (Lipinski definition) is 1. The number of rotatable bonds is 6. The van der Waals surface area contributed by atoms with Crippen LogP contribution in [0.2, 0.25) is 0 Å². The normalized spacial score (nSPS) is 10.7. The van der Waals surface area contributed by atoms with E-state index in [1.54, 1.807) is 25.1 Å². The molecule has 2 rings (SSSR count). The van der Waals surface area contributed by atoms with Gasteiger partial charge in [-0.3, -0.25) is 0 Å². The lowest BCUT2D eigenvalue weighted by Crippen LogP contribution is -2.24. The van der Waals surface area contributed by atoms with Gasteiger partial charge in [-0.05, 0) is 24.5 Å². The highest BCUT2D eigenvalue weighted by Crippen LogP contribution is 2.13. The molecule has 0 aliphatic heterocycles. The van der Waals surface area contributed by atoms with Gasteiger partial charge in [-0.1, -0.05) is 60.7 Å². The van der Waals surface area contributed by atoms with Gasteiger partial charge in [0, 0.05) is 12.1 Å². The molecule has 2 aromatic carbocycles. The van der Waals surface area contributed by atoms with Crippen LogP contribution in [0.15, 0.2) is 54.6 Å². The average Bonchev–Trinajstić information content (AvgIpc) is 2.57. The van der Waals surface area contributed by atoms with Crippen molar-refractivity contribution >= 4 is 12.2 Å². The quantitative estimate of drug-likeness (QED) is 0.799. The van der Waals surface area contributed by atoms with Crippen molar-refractivity contribution in [2.45, 2.75) is 20.0 Å². The summed E-state index contributed by atoms with van der Waals surface area (Å²) in [7, 11) is 0. The first-order valence-electron chi connectivity index (χ1n) is 7.53. The minimum atomic E-state index is -0.455. The second-order valence-corrected chi connectivity index (χ2v) is 5.16. The van der Waals surface area contributed by atoms with Crippen molar-refractivity contribution in [3.8, 4) is 0 Å². The van der Waals surface area contributed by atoms with E-state index < -0.39 is 6.09 Å². The molecule has 2 aromatic rings. The number of alkyl carbamates (subject to hydrolysis) is 1. The van der Waals surface area contributed by atoms with Gasteiger partial charge in [-0.2, -0.15) is 0 Å². The maximum atomic E-state index is 13.8. The van der Waals surface area contributed by atoms with Gasteiger partial charge >= 0.3 is 6.09 Å². The number of aryl methyl sites for hydroxylation is 1. The molecule has 0 aliphatic carbocycles. The smallest absolute Gasteiger partial charge is 0.407 e. The second kappa shape index (κ2) is 8.73. The molecule has 0 saturated heterocycles. The fourth-order valence-electron chi connectivity index (χ4n) is 2.04. The molecule has 0 fully saturated rings. The Kier molecular flexibility index (Phi) is 6.36. The maximum Gasteiger partial charge on any atom is 0.407 e. The highest BCUT2D eigenvalue weighted by molar-refractivity contribution is 5.67. The van der Waals surface area contributed by atoms with Gasteiger partial charge in [0.05, 0.1) is 0 Å². The average molecular weight is 313 g/mol. The number of nitrogens with one attached hydrogen (secondary N) is 1. The summed E-state index contributed by atoms with van der Waals surface area (Å²) in [5, 5.41) is 2.66. The Bertz CT molecular complexity index is 668. The van der Waals surface area contributed by atoms with E-state index in [2.05, 4.69) is 5.32 Å². The molecular weight excluding hydrogens is 293 g/mol. The Hall–Kier alpha value is -2.62. The SMILES string of the molecule is Cc1cccc(C=CCCNC(=O)OCc2ccccc2)c1F. The number of carbonyl (C=O) groups excluding carboxylic acids is 1. The van der Waals surface area contributed by atoms with Crippen LogP contribution in [0.4, 0.5) is 9.18 Å². The van der Waals surface area contributed by atoms with Gasteiger partial charge in [-0.25, -0.2) is 9.18 Å². The summed E-state index contributed by atoms with van der Waals surface area (Å²) in [5.41, 5.74) is 2.11. The molecule has 23 heavy (non-hydrogen) atoms. The van der Waals surface area contributed by atoms with Crippen LogP contribution in [0.1, 0.15) is 23.1 Å². The number of amides is 1. The van der Waals surface area contributed by atoms with Crippen molar-refractivity contribution in [3.63, 3.8) is 0 Å². The monoisotopic (exact) mass is 313 g/mol. The van der Waals surface area contributed by atoms with Gasteiger partial charge in [0.1, 0.15) is 12.4 Å². The van der Waals surface area contributed by atoms with Gasteiger partial charge in [-0.15, -0.1) is 0 Å². The molecule has 1 amide bonds. The Morgan fingerprint density at radius 2 is 1.96 bits per heavy atom. The molecule has 1 N–H and O–H groups in total. The Labute approximate surface area is 135 Å². The van der Waals surface area contributed by atoms with Gasteiger partial charge in [0.2, 0.25) is 0 Å². The number of carbonyl (C=O) groups is 1. The zero-order chi connectivity index (χ0) is 16.5. The van der Waals surface area contributed by atoms with Crippen LogP contribution in [-0.2, 0) is 11.3 Å². The predicted molar refractivity (Wildman–Crippen MR) is 89.4 cm³/mol. The lowest BCUT2D eigenvalue weighted by molar-refractivity contribution is 0.140. The van der Waals surface area contributed by atoms with E-state index in [0.29, 0.717) is 24.1 Å². The van der Waals surface area contributed by atoms with Crippen molar-refractivity contribution in [1.82, 2.24) is 5.32 Å². The van der Waals surface area contributed by atoms with E-state index in [9.17, 15) is 9.18 Å². The first kappa shape index (κ1) is 16.7. The van der Waals surface area contributed by atoms with Crippen molar-refractivity contribution < 1.29 is 13.9 Å². The Balaban J connectivity index is 1.67. The topological polar surface area (TPSA) is 38.3 Å². The Morgan fingerprint density at radius 3 is 2.74 bits per heavy atom. The molecule has 4 heteroatoms. The van der Waals surface area contributed by atoms with Crippen molar-refractivity contribution in [1.29, 1.82) is 0 Å². The summed E-state index contributed by atoms with van der Waals surface area (Å²) in [4.78, 5) is 11.5. The van der Waals surface area contributed by atoms with E-state index in [1.807, 2.05) is 42.5 Å². The van der Waals surface area contributed by atoms with Crippen LogP contribution < -0.4 is 5.32 Å². The molecule has 0 aromatic heterocycles. The molecule has 120 valence electrons. The second-order valence-electron chi connectivity index (χ2n) is 5.16. The van der Waals surface area contributed by atoms with Crippen molar-refractivity contribution in [2.75, 3.05) is 6.54 Å². The van der Waals surface area contributed by atoms with Crippen molar-refractivity contribution in [2.24, 2.45) is 0 Å². The highest BCUT2D eigenvalue weighted by atomic mass is 19.1. The molecule has 0 atom stereocenters. The molecule has 0 bridgehead atoms. The van der Waals surface area contributed by atoms with E-state index in [1.165, 1.54) is 0 Å².